The minimum Gasteiger partial charge on any atom is -0.477 e. The normalized spacial score (nSPS) is 14.7. The molecule has 1 rings (SSSR count). The first kappa shape index (κ1) is 32.9. The molecule has 0 aromatic heterocycles. The molecule has 0 saturated heterocycles. The van der Waals surface area contributed by atoms with Crippen LogP contribution in [0.1, 0.15) is 80.7 Å². The van der Waals surface area contributed by atoms with E-state index >= 15 is 0 Å². The monoisotopic (exact) mass is 537 g/mol. The largest absolute Gasteiger partial charge is 0.510 e. The summed E-state index contributed by atoms with van der Waals surface area (Å²) < 4.78 is 21.5. The van der Waals surface area contributed by atoms with Crippen LogP contribution in [0.25, 0.3) is 0 Å². The van der Waals surface area contributed by atoms with Crippen LogP contribution >= 0.6 is 0 Å². The molecule has 38 heavy (non-hydrogen) atoms. The molecule has 0 spiro atoms. The van der Waals surface area contributed by atoms with Crippen molar-refractivity contribution in [2.45, 2.75) is 93.3 Å². The third-order valence-electron chi connectivity index (χ3n) is 5.66. The molecule has 2 unspecified atom stereocenters. The summed E-state index contributed by atoms with van der Waals surface area (Å²) in [4.78, 5) is 49.9. The fourth-order valence-corrected chi connectivity index (χ4v) is 3.08. The number of aliphatic carboxylic acids is 1. The van der Waals surface area contributed by atoms with Gasteiger partial charge in [0.1, 0.15) is 0 Å². The molecule has 10 heteroatoms. The maximum absolute atomic E-state index is 12.6. The topological polar surface area (TPSA) is 137 Å². The first-order valence-corrected chi connectivity index (χ1v) is 13.0. The minimum atomic E-state index is -2.18. The number of ether oxygens (including phenoxy) is 4. The van der Waals surface area contributed by atoms with E-state index in [0.717, 1.165) is 0 Å². The van der Waals surface area contributed by atoms with Crippen LogP contribution in [0.2, 0.25) is 0 Å². The molecule has 0 amide bonds. The van der Waals surface area contributed by atoms with Crippen molar-refractivity contribution in [3.05, 3.63) is 23.8 Å². The van der Waals surface area contributed by atoms with E-state index in [0.29, 0.717) is 18.4 Å². The zero-order valence-electron chi connectivity index (χ0n) is 24.0. The molecule has 0 saturated carbocycles. The molecule has 1 aromatic carbocycles. The van der Waals surface area contributed by atoms with Gasteiger partial charge in [0.2, 0.25) is 0 Å². The van der Waals surface area contributed by atoms with Crippen LogP contribution in [0.4, 0.5) is 4.79 Å². The highest BCUT2D eigenvalue weighted by Gasteiger charge is 2.44. The lowest BCUT2D eigenvalue weighted by Gasteiger charge is -2.32. The van der Waals surface area contributed by atoms with E-state index in [1.807, 2.05) is 34.6 Å². The van der Waals surface area contributed by atoms with Crippen molar-refractivity contribution in [3.63, 3.8) is 0 Å². The van der Waals surface area contributed by atoms with E-state index in [9.17, 15) is 24.3 Å². The van der Waals surface area contributed by atoms with Crippen molar-refractivity contribution in [2.75, 3.05) is 6.61 Å². The Kier molecular flexibility index (Phi) is 12.2. The van der Waals surface area contributed by atoms with Gasteiger partial charge in [-0.2, -0.15) is 0 Å². The third-order valence-corrected chi connectivity index (χ3v) is 5.66. The molecular formula is C28H43NO9. The average Bonchev–Trinajstić information content (AvgIpc) is 2.82. The van der Waals surface area contributed by atoms with Gasteiger partial charge >= 0.3 is 24.1 Å². The Bertz CT molecular complexity index is 983. The maximum atomic E-state index is 12.6. The second-order valence-electron chi connectivity index (χ2n) is 11.1. The lowest BCUT2D eigenvalue weighted by molar-refractivity contribution is -0.167. The van der Waals surface area contributed by atoms with Crippen LogP contribution in [0.5, 0.6) is 11.5 Å². The molecule has 0 heterocycles. The molecule has 0 aliphatic carbocycles. The zero-order chi connectivity index (χ0) is 29.3. The van der Waals surface area contributed by atoms with Crippen LogP contribution in [0.3, 0.4) is 0 Å². The lowest BCUT2D eigenvalue weighted by Crippen LogP contribution is -2.59. The SMILES string of the molecule is CCC(C)C(=O)Oc1ccc(C[C@](NC(C)C)(OC(=O)OCC(C)(C)C)C(=O)O)cc1OC(=O)C(C)CC. The maximum Gasteiger partial charge on any atom is 0.510 e. The highest BCUT2D eigenvalue weighted by molar-refractivity contribution is 5.81. The number of carboxylic acid groups (broad SMARTS) is 1. The van der Waals surface area contributed by atoms with Gasteiger partial charge in [-0.25, -0.2) is 9.59 Å². The van der Waals surface area contributed by atoms with E-state index in [1.165, 1.54) is 18.2 Å². The summed E-state index contributed by atoms with van der Waals surface area (Å²) in [5, 5.41) is 13.0. The van der Waals surface area contributed by atoms with Gasteiger partial charge < -0.3 is 24.1 Å². The summed E-state index contributed by atoms with van der Waals surface area (Å²) in [5.74, 6) is -3.27. The van der Waals surface area contributed by atoms with E-state index in [-0.39, 0.29) is 41.9 Å². The molecule has 2 N–H and O–H groups in total. The minimum absolute atomic E-state index is 0.0230. The molecule has 3 atom stereocenters. The van der Waals surface area contributed by atoms with Gasteiger partial charge in [0.05, 0.1) is 18.4 Å². The van der Waals surface area contributed by atoms with E-state index in [1.54, 1.807) is 27.7 Å². The Morgan fingerprint density at radius 2 is 1.42 bits per heavy atom. The first-order valence-electron chi connectivity index (χ1n) is 13.0. The van der Waals surface area contributed by atoms with Crippen molar-refractivity contribution < 1.29 is 43.2 Å². The van der Waals surface area contributed by atoms with E-state index in [2.05, 4.69) is 5.32 Å². The Morgan fingerprint density at radius 1 is 0.895 bits per heavy atom. The molecule has 0 aliphatic rings. The highest BCUT2D eigenvalue weighted by atomic mass is 16.7. The number of hydrogen-bond acceptors (Lipinski definition) is 9. The van der Waals surface area contributed by atoms with Gasteiger partial charge in [-0.3, -0.25) is 14.9 Å². The van der Waals surface area contributed by atoms with Gasteiger partial charge in [-0.15, -0.1) is 0 Å². The zero-order valence-corrected chi connectivity index (χ0v) is 24.0. The predicted molar refractivity (Wildman–Crippen MR) is 141 cm³/mol. The number of esters is 2. The van der Waals surface area contributed by atoms with Crippen molar-refractivity contribution in [2.24, 2.45) is 17.3 Å². The Morgan fingerprint density at radius 3 is 1.87 bits per heavy atom. The van der Waals surface area contributed by atoms with Crippen molar-refractivity contribution in [1.82, 2.24) is 5.32 Å². The highest BCUT2D eigenvalue weighted by Crippen LogP contribution is 2.32. The summed E-state index contributed by atoms with van der Waals surface area (Å²) in [6.07, 6.45) is -0.383. The van der Waals surface area contributed by atoms with Crippen LogP contribution in [-0.2, 0) is 30.3 Å². The van der Waals surface area contributed by atoms with Crippen LogP contribution in [-0.4, -0.2) is 47.5 Å². The quantitative estimate of drug-likeness (QED) is 0.198. The number of rotatable bonds is 13. The summed E-state index contributed by atoms with van der Waals surface area (Å²) in [6, 6.07) is 3.96. The van der Waals surface area contributed by atoms with Crippen LogP contribution in [0.15, 0.2) is 18.2 Å². The van der Waals surface area contributed by atoms with Gasteiger partial charge in [0.15, 0.2) is 11.5 Å². The van der Waals surface area contributed by atoms with Gasteiger partial charge in [0.25, 0.3) is 5.72 Å². The number of benzene rings is 1. The summed E-state index contributed by atoms with van der Waals surface area (Å²) in [5.41, 5.74) is -2.19. The third kappa shape index (κ3) is 10.3. The fourth-order valence-electron chi connectivity index (χ4n) is 3.08. The van der Waals surface area contributed by atoms with Crippen LogP contribution < -0.4 is 14.8 Å². The van der Waals surface area contributed by atoms with Crippen molar-refractivity contribution >= 4 is 24.1 Å². The number of nitrogens with one attached hydrogen (secondary N) is 1. The molecule has 214 valence electrons. The average molecular weight is 538 g/mol. The Hall–Kier alpha value is -3.14. The summed E-state index contributed by atoms with van der Waals surface area (Å²) in [6.45, 7) is 16.1. The number of carboxylic acids is 1. The molecule has 0 radical (unpaired) electrons. The standard InChI is InChI=1S/C28H43NO9/c1-10-18(5)23(30)36-21-13-12-20(14-22(21)37-24(31)19(6)11-2)15-28(25(32)33,29-17(3)4)38-26(34)35-16-27(7,8)9/h12-14,17-19,29H,10-11,15-16H2,1-9H3,(H,32,33)/t18?,19?,28-/m0/s1. The molecular weight excluding hydrogens is 494 g/mol. The number of carbonyl (C=O) groups is 4. The first-order chi connectivity index (χ1) is 17.5. The van der Waals surface area contributed by atoms with Crippen LogP contribution in [0, 0.1) is 17.3 Å². The molecule has 1 aromatic rings. The van der Waals surface area contributed by atoms with E-state index < -0.39 is 35.7 Å². The second kappa shape index (κ2) is 14.1. The molecule has 0 aliphatic heterocycles. The van der Waals surface area contributed by atoms with Gasteiger partial charge in [-0.1, -0.05) is 54.5 Å². The lowest BCUT2D eigenvalue weighted by atomic mass is 9.99. The Labute approximate surface area is 225 Å². The van der Waals surface area contributed by atoms with Gasteiger partial charge in [-0.05, 0) is 49.8 Å². The molecule has 0 fully saturated rings. The fraction of sp³-hybridized carbons (Fsp3) is 0.643. The predicted octanol–water partition coefficient (Wildman–Crippen LogP) is 5.11. The Balaban J connectivity index is 3.44. The van der Waals surface area contributed by atoms with E-state index in [4.69, 9.17) is 18.9 Å². The molecule has 0 bridgehead atoms. The number of carbonyl (C=O) groups excluding carboxylic acids is 3. The number of hydrogen-bond donors (Lipinski definition) is 2. The molecule has 10 nitrogen and oxygen atoms in total. The second-order valence-corrected chi connectivity index (χ2v) is 11.1. The smallest absolute Gasteiger partial charge is 0.477 e. The summed E-state index contributed by atoms with van der Waals surface area (Å²) in [7, 11) is 0. The summed E-state index contributed by atoms with van der Waals surface area (Å²) >= 11 is 0. The van der Waals surface area contributed by atoms with Crippen molar-refractivity contribution in [3.8, 4) is 11.5 Å². The van der Waals surface area contributed by atoms with Gasteiger partial charge in [0, 0.05) is 12.5 Å². The van der Waals surface area contributed by atoms with Crippen molar-refractivity contribution in [1.29, 1.82) is 0 Å².